The van der Waals surface area contributed by atoms with Gasteiger partial charge in [-0.3, -0.25) is 14.4 Å². The molecule has 2 aromatic rings. The van der Waals surface area contributed by atoms with Crippen LogP contribution in [0.15, 0.2) is 41.0 Å². The summed E-state index contributed by atoms with van der Waals surface area (Å²) in [4.78, 5) is 37.7. The lowest BCUT2D eigenvalue weighted by atomic mass is 10.1. The first-order chi connectivity index (χ1) is 12.9. The van der Waals surface area contributed by atoms with Gasteiger partial charge in [-0.25, -0.2) is 0 Å². The van der Waals surface area contributed by atoms with Crippen molar-refractivity contribution < 1.29 is 23.5 Å². The Morgan fingerprint density at radius 1 is 1.22 bits per heavy atom. The number of anilines is 1. The molecule has 142 valence electrons. The molecule has 3 rings (SSSR count). The van der Waals surface area contributed by atoms with Crippen LogP contribution in [-0.4, -0.2) is 35.8 Å². The minimum atomic E-state index is -0.621. The molecule has 1 atom stereocenters. The van der Waals surface area contributed by atoms with Gasteiger partial charge in [-0.1, -0.05) is 29.3 Å². The zero-order valence-corrected chi connectivity index (χ0v) is 15.6. The summed E-state index contributed by atoms with van der Waals surface area (Å²) in [6.07, 6.45) is 1.56. The first-order valence-electron chi connectivity index (χ1n) is 8.14. The van der Waals surface area contributed by atoms with Gasteiger partial charge in [0.2, 0.25) is 5.91 Å². The van der Waals surface area contributed by atoms with Gasteiger partial charge in [0.1, 0.15) is 5.76 Å². The van der Waals surface area contributed by atoms with Crippen LogP contribution in [0.1, 0.15) is 12.2 Å². The van der Waals surface area contributed by atoms with Crippen LogP contribution in [0.2, 0.25) is 10.0 Å². The molecule has 0 bridgehead atoms. The Morgan fingerprint density at radius 2 is 1.96 bits per heavy atom. The smallest absolute Gasteiger partial charge is 0.311 e. The maximum absolute atomic E-state index is 12.2. The highest BCUT2D eigenvalue weighted by Gasteiger charge is 2.35. The fraction of sp³-hybridized carbons (Fsp3) is 0.278. The molecular formula is C18H16Cl2N2O5. The van der Waals surface area contributed by atoms with Crippen LogP contribution < -0.4 is 5.32 Å². The number of nitrogens with zero attached hydrogens (tertiary/aromatic N) is 1. The van der Waals surface area contributed by atoms with Crippen LogP contribution in [0.3, 0.4) is 0 Å². The molecule has 7 nitrogen and oxygen atoms in total. The van der Waals surface area contributed by atoms with E-state index in [4.69, 9.17) is 32.4 Å². The predicted molar refractivity (Wildman–Crippen MR) is 98.3 cm³/mol. The Labute approximate surface area is 165 Å². The second-order valence-electron chi connectivity index (χ2n) is 6.01. The second-order valence-corrected chi connectivity index (χ2v) is 6.82. The summed E-state index contributed by atoms with van der Waals surface area (Å²) in [5, 5.41) is 3.05. The van der Waals surface area contributed by atoms with Gasteiger partial charge < -0.3 is 19.4 Å². The van der Waals surface area contributed by atoms with E-state index in [9.17, 15) is 14.4 Å². The number of amides is 2. The molecule has 0 aliphatic carbocycles. The molecule has 0 saturated carbocycles. The monoisotopic (exact) mass is 410 g/mol. The van der Waals surface area contributed by atoms with E-state index >= 15 is 0 Å². The number of halogens is 2. The second kappa shape index (κ2) is 8.45. The Bertz CT molecular complexity index is 833. The van der Waals surface area contributed by atoms with Crippen LogP contribution in [0, 0.1) is 5.92 Å². The summed E-state index contributed by atoms with van der Waals surface area (Å²) in [5.74, 6) is -1.33. The SMILES string of the molecule is O=C(COC(=O)[C@H]1CC(=O)N(Cc2ccco2)C1)Nc1c(Cl)cccc1Cl. The number of esters is 1. The molecule has 2 heterocycles. The van der Waals surface area contributed by atoms with Gasteiger partial charge in [-0.15, -0.1) is 0 Å². The normalized spacial score (nSPS) is 16.4. The van der Waals surface area contributed by atoms with Gasteiger partial charge in [0.15, 0.2) is 6.61 Å². The highest BCUT2D eigenvalue weighted by Crippen LogP contribution is 2.29. The molecule has 27 heavy (non-hydrogen) atoms. The van der Waals surface area contributed by atoms with Crippen LogP contribution in [0.25, 0.3) is 0 Å². The topological polar surface area (TPSA) is 88.9 Å². The number of hydrogen-bond donors (Lipinski definition) is 1. The minimum absolute atomic E-state index is 0.0392. The predicted octanol–water partition coefficient (Wildman–Crippen LogP) is 3.12. The average molecular weight is 411 g/mol. The van der Waals surface area contributed by atoms with Crippen molar-refractivity contribution in [1.82, 2.24) is 4.90 Å². The average Bonchev–Trinajstić information content (AvgIpc) is 3.27. The number of furan rings is 1. The van der Waals surface area contributed by atoms with Crippen LogP contribution in [0.5, 0.6) is 0 Å². The lowest BCUT2D eigenvalue weighted by Gasteiger charge is -2.15. The molecule has 1 aliphatic heterocycles. The molecule has 1 aliphatic rings. The maximum atomic E-state index is 12.2. The van der Waals surface area contributed by atoms with E-state index in [2.05, 4.69) is 5.32 Å². The Kier molecular flexibility index (Phi) is 6.03. The largest absolute Gasteiger partial charge is 0.467 e. The number of hydrogen-bond acceptors (Lipinski definition) is 5. The van der Waals surface area contributed by atoms with Crippen molar-refractivity contribution >= 4 is 46.7 Å². The zero-order valence-electron chi connectivity index (χ0n) is 14.1. The Balaban J connectivity index is 1.49. The molecule has 0 unspecified atom stereocenters. The number of ether oxygens (including phenoxy) is 1. The molecule has 0 radical (unpaired) electrons. The maximum Gasteiger partial charge on any atom is 0.311 e. The molecule has 1 N–H and O–H groups in total. The molecule has 1 fully saturated rings. The summed E-state index contributed by atoms with van der Waals surface area (Å²) in [7, 11) is 0. The molecule has 1 saturated heterocycles. The number of nitrogens with one attached hydrogen (secondary N) is 1. The minimum Gasteiger partial charge on any atom is -0.467 e. The van der Waals surface area contributed by atoms with E-state index < -0.39 is 24.4 Å². The third-order valence-corrected chi connectivity index (χ3v) is 4.68. The van der Waals surface area contributed by atoms with E-state index in [1.165, 1.54) is 11.2 Å². The molecule has 2 amide bonds. The number of carbonyl (C=O) groups excluding carboxylic acids is 3. The highest BCUT2D eigenvalue weighted by atomic mass is 35.5. The van der Waals surface area contributed by atoms with Crippen molar-refractivity contribution in [2.45, 2.75) is 13.0 Å². The fourth-order valence-electron chi connectivity index (χ4n) is 2.72. The number of likely N-dealkylation sites (tertiary alicyclic amines) is 1. The number of para-hydroxylation sites is 1. The van der Waals surface area contributed by atoms with Crippen molar-refractivity contribution in [2.24, 2.45) is 5.92 Å². The number of rotatable bonds is 6. The van der Waals surface area contributed by atoms with Gasteiger partial charge in [0.25, 0.3) is 5.91 Å². The van der Waals surface area contributed by atoms with Gasteiger partial charge in [0, 0.05) is 13.0 Å². The summed E-state index contributed by atoms with van der Waals surface area (Å²) < 4.78 is 10.2. The summed E-state index contributed by atoms with van der Waals surface area (Å²) >= 11 is 11.9. The van der Waals surface area contributed by atoms with Crippen molar-refractivity contribution in [3.63, 3.8) is 0 Å². The van der Waals surface area contributed by atoms with Gasteiger partial charge in [0.05, 0.1) is 34.5 Å². The number of carbonyl (C=O) groups is 3. The van der Waals surface area contributed by atoms with E-state index in [0.717, 1.165) is 0 Å². The van der Waals surface area contributed by atoms with Crippen molar-refractivity contribution in [2.75, 3.05) is 18.5 Å². The van der Waals surface area contributed by atoms with Crippen molar-refractivity contribution in [1.29, 1.82) is 0 Å². The highest BCUT2D eigenvalue weighted by molar-refractivity contribution is 6.39. The Hall–Kier alpha value is -2.51. The van der Waals surface area contributed by atoms with E-state index in [0.29, 0.717) is 12.3 Å². The van der Waals surface area contributed by atoms with Gasteiger partial charge in [-0.2, -0.15) is 0 Å². The van der Waals surface area contributed by atoms with E-state index in [1.807, 2.05) is 0 Å². The molecule has 1 aromatic heterocycles. The first kappa shape index (κ1) is 19.3. The van der Waals surface area contributed by atoms with Gasteiger partial charge in [-0.05, 0) is 24.3 Å². The standard InChI is InChI=1S/C18H16Cl2N2O5/c19-13-4-1-5-14(20)17(13)21-15(23)10-27-18(25)11-7-16(24)22(8-11)9-12-3-2-6-26-12/h1-6,11H,7-10H2,(H,21,23)/t11-/m0/s1. The lowest BCUT2D eigenvalue weighted by molar-refractivity contribution is -0.151. The molecule has 1 aromatic carbocycles. The van der Waals surface area contributed by atoms with E-state index in [1.54, 1.807) is 30.3 Å². The first-order valence-corrected chi connectivity index (χ1v) is 8.90. The van der Waals surface area contributed by atoms with Crippen LogP contribution in [-0.2, 0) is 25.7 Å². The lowest BCUT2D eigenvalue weighted by Crippen LogP contribution is -2.28. The molecule has 9 heteroatoms. The van der Waals surface area contributed by atoms with Crippen molar-refractivity contribution in [3.8, 4) is 0 Å². The summed E-state index contributed by atoms with van der Waals surface area (Å²) in [6, 6.07) is 8.28. The molecular weight excluding hydrogens is 395 g/mol. The number of benzene rings is 1. The third kappa shape index (κ3) is 4.81. The fourth-order valence-corrected chi connectivity index (χ4v) is 3.21. The zero-order chi connectivity index (χ0) is 19.4. The van der Waals surface area contributed by atoms with Crippen LogP contribution in [0.4, 0.5) is 5.69 Å². The van der Waals surface area contributed by atoms with E-state index in [-0.39, 0.29) is 34.6 Å². The van der Waals surface area contributed by atoms with Gasteiger partial charge >= 0.3 is 5.97 Å². The summed E-state index contributed by atoms with van der Waals surface area (Å²) in [6.45, 7) is 0.0146. The molecule has 0 spiro atoms. The Morgan fingerprint density at radius 3 is 2.63 bits per heavy atom. The van der Waals surface area contributed by atoms with Crippen LogP contribution >= 0.6 is 23.2 Å². The van der Waals surface area contributed by atoms with Crippen molar-refractivity contribution in [3.05, 3.63) is 52.4 Å². The third-order valence-electron chi connectivity index (χ3n) is 4.05. The quantitative estimate of drug-likeness (QED) is 0.738. The summed E-state index contributed by atoms with van der Waals surface area (Å²) in [5.41, 5.74) is 0.252.